The van der Waals surface area contributed by atoms with Gasteiger partial charge in [0.15, 0.2) is 0 Å². The zero-order valence-corrected chi connectivity index (χ0v) is 8.53. The summed E-state index contributed by atoms with van der Waals surface area (Å²) in [5, 5.41) is 2.44. The van der Waals surface area contributed by atoms with E-state index in [1.165, 1.54) is 7.11 Å². The van der Waals surface area contributed by atoms with Crippen LogP contribution in [0.1, 0.15) is 0 Å². The van der Waals surface area contributed by atoms with E-state index in [9.17, 15) is 4.79 Å². The van der Waals surface area contributed by atoms with E-state index < -0.39 is 6.09 Å². The molecule has 1 aromatic rings. The third-order valence-corrected chi connectivity index (χ3v) is 1.78. The maximum atomic E-state index is 10.7. The van der Waals surface area contributed by atoms with Crippen molar-refractivity contribution >= 4 is 34.5 Å². The number of ether oxygens (including phenoxy) is 1. The fourth-order valence-electron chi connectivity index (χ4n) is 0.605. The maximum Gasteiger partial charge on any atom is 0.412 e. The minimum atomic E-state index is -0.510. The number of anilines is 1. The summed E-state index contributed by atoms with van der Waals surface area (Å²) in [4.78, 5) is 14.6. The summed E-state index contributed by atoms with van der Waals surface area (Å²) in [7, 11) is 1.31. The molecule has 5 heteroatoms. The summed E-state index contributed by atoms with van der Waals surface area (Å²) >= 11 is 2.13. The maximum absolute atomic E-state index is 10.7. The highest BCUT2D eigenvalue weighted by Gasteiger charge is 1.99. The quantitative estimate of drug-likeness (QED) is 0.798. The number of halogens is 1. The Morgan fingerprint density at radius 2 is 2.42 bits per heavy atom. The van der Waals surface area contributed by atoms with Crippen molar-refractivity contribution < 1.29 is 9.53 Å². The van der Waals surface area contributed by atoms with Crippen LogP contribution in [0.25, 0.3) is 0 Å². The molecule has 1 amide bonds. The zero-order chi connectivity index (χ0) is 8.97. The average Bonchev–Trinajstić information content (AvgIpc) is 2.09. The summed E-state index contributed by atoms with van der Waals surface area (Å²) in [5.41, 5.74) is 0. The zero-order valence-electron chi connectivity index (χ0n) is 6.37. The van der Waals surface area contributed by atoms with Gasteiger partial charge in [0.25, 0.3) is 0 Å². The predicted octanol–water partition coefficient (Wildman–Crippen LogP) is 1.86. The standard InChI is InChI=1S/C7H7IN2O2/c1-12-7(11)10-6-3-2-5(8)4-9-6/h2-4H,1H3,(H,9,10,11). The molecule has 0 aliphatic heterocycles. The Hall–Kier alpha value is -0.850. The van der Waals surface area contributed by atoms with Crippen LogP contribution in [0.2, 0.25) is 0 Å². The Bertz CT molecular complexity index is 273. The van der Waals surface area contributed by atoms with E-state index in [-0.39, 0.29) is 0 Å². The van der Waals surface area contributed by atoms with Gasteiger partial charge in [-0.15, -0.1) is 0 Å². The summed E-state index contributed by atoms with van der Waals surface area (Å²) in [5.74, 6) is 0.488. The molecule has 64 valence electrons. The van der Waals surface area contributed by atoms with Crippen molar-refractivity contribution in [1.29, 1.82) is 0 Å². The van der Waals surface area contributed by atoms with E-state index in [0.29, 0.717) is 5.82 Å². The fraction of sp³-hybridized carbons (Fsp3) is 0.143. The van der Waals surface area contributed by atoms with Gasteiger partial charge >= 0.3 is 6.09 Å². The number of nitrogens with zero attached hydrogens (tertiary/aromatic N) is 1. The Morgan fingerprint density at radius 3 is 2.92 bits per heavy atom. The Labute approximate surface area is 83.5 Å². The highest BCUT2D eigenvalue weighted by molar-refractivity contribution is 14.1. The first-order valence-corrected chi connectivity index (χ1v) is 4.27. The summed E-state index contributed by atoms with van der Waals surface area (Å²) in [6, 6.07) is 3.55. The molecule has 0 atom stereocenters. The molecule has 0 aromatic carbocycles. The van der Waals surface area contributed by atoms with Crippen LogP contribution in [-0.4, -0.2) is 18.2 Å². The number of carbonyl (C=O) groups is 1. The first kappa shape index (κ1) is 9.24. The molecule has 0 aliphatic rings. The van der Waals surface area contributed by atoms with Gasteiger partial charge in [-0.05, 0) is 34.7 Å². The van der Waals surface area contributed by atoms with Crippen LogP contribution >= 0.6 is 22.6 Å². The van der Waals surface area contributed by atoms with Crippen molar-refractivity contribution in [1.82, 2.24) is 4.98 Å². The van der Waals surface area contributed by atoms with Gasteiger partial charge < -0.3 is 4.74 Å². The van der Waals surface area contributed by atoms with Crippen LogP contribution in [0.3, 0.4) is 0 Å². The van der Waals surface area contributed by atoms with Crippen LogP contribution in [0.5, 0.6) is 0 Å². The second-order valence-corrected chi connectivity index (χ2v) is 3.22. The number of methoxy groups -OCH3 is 1. The number of rotatable bonds is 1. The number of aromatic nitrogens is 1. The van der Waals surface area contributed by atoms with Crippen molar-refractivity contribution in [3.05, 3.63) is 21.9 Å². The number of pyridine rings is 1. The lowest BCUT2D eigenvalue weighted by atomic mass is 10.5. The Kier molecular flexibility index (Phi) is 3.27. The van der Waals surface area contributed by atoms with Crippen molar-refractivity contribution in [2.75, 3.05) is 12.4 Å². The second kappa shape index (κ2) is 4.24. The number of hydrogen-bond acceptors (Lipinski definition) is 3. The van der Waals surface area contributed by atoms with E-state index in [0.717, 1.165) is 3.57 Å². The summed E-state index contributed by atoms with van der Waals surface area (Å²) < 4.78 is 5.41. The minimum Gasteiger partial charge on any atom is -0.453 e. The van der Waals surface area contributed by atoms with Crippen LogP contribution in [0.4, 0.5) is 10.6 Å². The van der Waals surface area contributed by atoms with E-state index in [2.05, 4.69) is 37.6 Å². The van der Waals surface area contributed by atoms with Gasteiger partial charge in [0.1, 0.15) is 5.82 Å². The average molecular weight is 278 g/mol. The lowest BCUT2D eigenvalue weighted by Gasteiger charge is -2.01. The van der Waals surface area contributed by atoms with Gasteiger partial charge in [0, 0.05) is 9.77 Å². The van der Waals surface area contributed by atoms with Crippen molar-refractivity contribution in [2.45, 2.75) is 0 Å². The van der Waals surface area contributed by atoms with Crippen molar-refractivity contribution in [3.63, 3.8) is 0 Å². The molecule has 1 N–H and O–H groups in total. The SMILES string of the molecule is COC(=O)Nc1ccc(I)cn1. The molecule has 4 nitrogen and oxygen atoms in total. The van der Waals surface area contributed by atoms with E-state index in [4.69, 9.17) is 0 Å². The van der Waals surface area contributed by atoms with E-state index >= 15 is 0 Å². The molecule has 1 rings (SSSR count). The Balaban J connectivity index is 2.64. The molecule has 1 heterocycles. The second-order valence-electron chi connectivity index (χ2n) is 1.98. The predicted molar refractivity (Wildman–Crippen MR) is 53.0 cm³/mol. The molecule has 0 aliphatic carbocycles. The lowest BCUT2D eigenvalue weighted by Crippen LogP contribution is -2.11. The van der Waals surface area contributed by atoms with Gasteiger partial charge in [-0.1, -0.05) is 0 Å². The molecular formula is C7H7IN2O2. The molecule has 0 fully saturated rings. The molecule has 0 saturated carbocycles. The molecule has 0 radical (unpaired) electrons. The molecule has 0 spiro atoms. The van der Waals surface area contributed by atoms with Gasteiger partial charge in [0.2, 0.25) is 0 Å². The largest absolute Gasteiger partial charge is 0.453 e. The van der Waals surface area contributed by atoms with Crippen LogP contribution in [-0.2, 0) is 4.74 Å². The molecule has 1 aromatic heterocycles. The molecule has 0 bridgehead atoms. The van der Waals surface area contributed by atoms with Gasteiger partial charge in [-0.25, -0.2) is 9.78 Å². The van der Waals surface area contributed by atoms with Crippen LogP contribution in [0, 0.1) is 3.57 Å². The fourth-order valence-corrected chi connectivity index (χ4v) is 0.924. The first-order chi connectivity index (χ1) is 5.72. The minimum absolute atomic E-state index is 0.488. The number of amides is 1. The van der Waals surface area contributed by atoms with E-state index in [1.807, 2.05) is 6.07 Å². The molecular weight excluding hydrogens is 271 g/mol. The van der Waals surface area contributed by atoms with Crippen LogP contribution < -0.4 is 5.32 Å². The third-order valence-electron chi connectivity index (χ3n) is 1.14. The normalized spacial score (nSPS) is 9.17. The first-order valence-electron chi connectivity index (χ1n) is 3.19. The number of nitrogens with one attached hydrogen (secondary N) is 1. The van der Waals surface area contributed by atoms with Gasteiger partial charge in [-0.3, -0.25) is 5.32 Å². The summed E-state index contributed by atoms with van der Waals surface area (Å²) in [6.45, 7) is 0. The van der Waals surface area contributed by atoms with E-state index in [1.54, 1.807) is 12.3 Å². The lowest BCUT2D eigenvalue weighted by molar-refractivity contribution is 0.187. The topological polar surface area (TPSA) is 51.2 Å². The van der Waals surface area contributed by atoms with Crippen molar-refractivity contribution in [3.8, 4) is 0 Å². The monoisotopic (exact) mass is 278 g/mol. The molecule has 0 unspecified atom stereocenters. The van der Waals surface area contributed by atoms with Crippen LogP contribution in [0.15, 0.2) is 18.3 Å². The highest BCUT2D eigenvalue weighted by Crippen LogP contribution is 2.06. The molecule has 12 heavy (non-hydrogen) atoms. The smallest absolute Gasteiger partial charge is 0.412 e. The molecule has 0 saturated heterocycles. The Morgan fingerprint density at radius 1 is 1.67 bits per heavy atom. The third kappa shape index (κ3) is 2.65. The van der Waals surface area contributed by atoms with Gasteiger partial charge in [-0.2, -0.15) is 0 Å². The van der Waals surface area contributed by atoms with Crippen molar-refractivity contribution in [2.24, 2.45) is 0 Å². The van der Waals surface area contributed by atoms with Gasteiger partial charge in [0.05, 0.1) is 7.11 Å². The number of carbonyl (C=O) groups excluding carboxylic acids is 1. The summed E-state index contributed by atoms with van der Waals surface area (Å²) in [6.07, 6.45) is 1.15. The number of hydrogen-bond donors (Lipinski definition) is 1. The highest BCUT2D eigenvalue weighted by atomic mass is 127.